The van der Waals surface area contributed by atoms with Crippen molar-refractivity contribution < 1.29 is 9.90 Å². The average Bonchev–Trinajstić information content (AvgIpc) is 2.13. The minimum absolute atomic E-state index is 0.209. The molecule has 0 fully saturated rings. The molecule has 0 aliphatic heterocycles. The summed E-state index contributed by atoms with van der Waals surface area (Å²) >= 11 is 0. The van der Waals surface area contributed by atoms with Crippen molar-refractivity contribution in [2.45, 2.75) is 19.4 Å². The van der Waals surface area contributed by atoms with Crippen LogP contribution >= 0.6 is 0 Å². The molecular formula is C11H16N2O2. The molecule has 4 N–H and O–H groups in total. The second-order valence-corrected chi connectivity index (χ2v) is 4.12. The number of hydrogen-bond donors (Lipinski definition) is 3. The monoisotopic (exact) mass is 208 g/mol. The Hall–Kier alpha value is -1.55. The lowest BCUT2D eigenvalue weighted by Gasteiger charge is -2.17. The molecule has 1 aromatic rings. The Bertz CT molecular complexity index is 356. The Balaban J connectivity index is 2.62. The molecule has 0 spiro atoms. The highest BCUT2D eigenvalue weighted by Gasteiger charge is 2.14. The Morgan fingerprint density at radius 3 is 2.73 bits per heavy atom. The number of aliphatic hydroxyl groups is 1. The van der Waals surface area contributed by atoms with Gasteiger partial charge in [-0.2, -0.15) is 0 Å². The van der Waals surface area contributed by atoms with Crippen LogP contribution in [0, 0.1) is 0 Å². The number of amides is 1. The van der Waals surface area contributed by atoms with Crippen molar-refractivity contribution in [3.8, 4) is 0 Å². The third kappa shape index (κ3) is 3.99. The predicted octanol–water partition coefficient (Wildman–Crippen LogP) is 0.770. The summed E-state index contributed by atoms with van der Waals surface area (Å²) in [6, 6.07) is 6.71. The highest BCUT2D eigenvalue weighted by Crippen LogP contribution is 2.06. The van der Waals surface area contributed by atoms with Gasteiger partial charge in [-0.25, -0.2) is 0 Å². The number of carbonyl (C=O) groups is 1. The van der Waals surface area contributed by atoms with Crippen LogP contribution in [0.3, 0.4) is 0 Å². The summed E-state index contributed by atoms with van der Waals surface area (Å²) in [5.41, 5.74) is 5.69. The van der Waals surface area contributed by atoms with Crippen LogP contribution in [-0.2, 0) is 0 Å². The molecule has 1 amide bonds. The first-order valence-corrected chi connectivity index (χ1v) is 4.74. The molecule has 0 aliphatic carbocycles. The average molecular weight is 208 g/mol. The lowest BCUT2D eigenvalue weighted by molar-refractivity contribution is 0.0694. The Kier molecular flexibility index (Phi) is 3.31. The molecule has 15 heavy (non-hydrogen) atoms. The Labute approximate surface area is 89.1 Å². The van der Waals surface area contributed by atoms with Gasteiger partial charge in [0.15, 0.2) is 0 Å². The van der Waals surface area contributed by atoms with E-state index >= 15 is 0 Å². The van der Waals surface area contributed by atoms with Crippen molar-refractivity contribution in [1.29, 1.82) is 0 Å². The van der Waals surface area contributed by atoms with Crippen LogP contribution in [0.4, 0.5) is 5.69 Å². The van der Waals surface area contributed by atoms with Crippen molar-refractivity contribution in [2.24, 2.45) is 0 Å². The maximum absolute atomic E-state index is 11.6. The van der Waals surface area contributed by atoms with Crippen LogP contribution in [0.5, 0.6) is 0 Å². The summed E-state index contributed by atoms with van der Waals surface area (Å²) in [6.45, 7) is 3.47. The van der Waals surface area contributed by atoms with E-state index in [-0.39, 0.29) is 12.5 Å². The zero-order valence-corrected chi connectivity index (χ0v) is 8.95. The maximum atomic E-state index is 11.6. The second kappa shape index (κ2) is 4.31. The molecule has 1 rings (SSSR count). The van der Waals surface area contributed by atoms with Crippen molar-refractivity contribution in [3.05, 3.63) is 29.8 Å². The number of anilines is 1. The highest BCUT2D eigenvalue weighted by atomic mass is 16.3. The molecule has 0 unspecified atom stereocenters. The van der Waals surface area contributed by atoms with Crippen LogP contribution in [0.15, 0.2) is 24.3 Å². The van der Waals surface area contributed by atoms with Crippen LogP contribution in [-0.4, -0.2) is 23.2 Å². The molecule has 0 radical (unpaired) electrons. The van der Waals surface area contributed by atoms with Crippen molar-refractivity contribution in [3.63, 3.8) is 0 Å². The van der Waals surface area contributed by atoms with Gasteiger partial charge in [0.1, 0.15) is 0 Å². The number of nitrogen functional groups attached to an aromatic ring is 1. The predicted molar refractivity (Wildman–Crippen MR) is 59.5 cm³/mol. The van der Waals surface area contributed by atoms with Gasteiger partial charge in [-0.3, -0.25) is 4.79 Å². The van der Waals surface area contributed by atoms with E-state index in [2.05, 4.69) is 5.32 Å². The summed E-state index contributed by atoms with van der Waals surface area (Å²) in [6.07, 6.45) is 0. The van der Waals surface area contributed by atoms with Crippen molar-refractivity contribution in [2.75, 3.05) is 12.3 Å². The van der Waals surface area contributed by atoms with Gasteiger partial charge in [0.2, 0.25) is 0 Å². The second-order valence-electron chi connectivity index (χ2n) is 4.12. The zero-order chi connectivity index (χ0) is 11.5. The molecule has 0 atom stereocenters. The lowest BCUT2D eigenvalue weighted by atomic mass is 10.1. The third-order valence-corrected chi connectivity index (χ3v) is 1.83. The smallest absolute Gasteiger partial charge is 0.251 e. The first kappa shape index (κ1) is 11.5. The van der Waals surface area contributed by atoms with E-state index in [1.807, 2.05) is 0 Å². The summed E-state index contributed by atoms with van der Waals surface area (Å²) in [5, 5.41) is 12.1. The topological polar surface area (TPSA) is 75.3 Å². The Morgan fingerprint density at radius 2 is 2.20 bits per heavy atom. The highest BCUT2D eigenvalue weighted by molar-refractivity contribution is 5.95. The van der Waals surface area contributed by atoms with Gasteiger partial charge in [0.05, 0.1) is 5.60 Å². The Morgan fingerprint density at radius 1 is 1.53 bits per heavy atom. The fourth-order valence-corrected chi connectivity index (χ4v) is 1.08. The van der Waals surface area contributed by atoms with Crippen LogP contribution in [0.2, 0.25) is 0 Å². The third-order valence-electron chi connectivity index (χ3n) is 1.83. The number of nitrogens with two attached hydrogens (primary N) is 1. The van der Waals surface area contributed by atoms with Gasteiger partial charge in [-0.15, -0.1) is 0 Å². The fraction of sp³-hybridized carbons (Fsp3) is 0.364. The first-order chi connectivity index (χ1) is 6.88. The summed E-state index contributed by atoms with van der Waals surface area (Å²) in [5.74, 6) is -0.232. The summed E-state index contributed by atoms with van der Waals surface area (Å²) in [4.78, 5) is 11.6. The van der Waals surface area contributed by atoms with Gasteiger partial charge in [0.25, 0.3) is 5.91 Å². The van der Waals surface area contributed by atoms with Gasteiger partial charge in [0, 0.05) is 17.8 Å². The normalized spacial score (nSPS) is 11.1. The molecule has 82 valence electrons. The van der Waals surface area contributed by atoms with E-state index in [1.54, 1.807) is 38.1 Å². The molecule has 0 heterocycles. The molecule has 0 bridgehead atoms. The zero-order valence-electron chi connectivity index (χ0n) is 8.95. The van der Waals surface area contributed by atoms with Crippen LogP contribution in [0.25, 0.3) is 0 Å². The van der Waals surface area contributed by atoms with Crippen LogP contribution < -0.4 is 11.1 Å². The van der Waals surface area contributed by atoms with E-state index < -0.39 is 5.60 Å². The van der Waals surface area contributed by atoms with E-state index in [1.165, 1.54) is 0 Å². The minimum atomic E-state index is -0.907. The summed E-state index contributed by atoms with van der Waals surface area (Å²) < 4.78 is 0. The lowest BCUT2D eigenvalue weighted by Crippen LogP contribution is -2.38. The maximum Gasteiger partial charge on any atom is 0.251 e. The fourth-order valence-electron chi connectivity index (χ4n) is 1.08. The number of carbonyl (C=O) groups excluding carboxylic acids is 1. The van der Waals surface area contributed by atoms with Crippen LogP contribution in [0.1, 0.15) is 24.2 Å². The van der Waals surface area contributed by atoms with Gasteiger partial charge in [-0.05, 0) is 32.0 Å². The van der Waals surface area contributed by atoms with E-state index in [0.29, 0.717) is 11.3 Å². The van der Waals surface area contributed by atoms with Crippen molar-refractivity contribution in [1.82, 2.24) is 5.32 Å². The van der Waals surface area contributed by atoms with E-state index in [4.69, 9.17) is 5.73 Å². The van der Waals surface area contributed by atoms with Gasteiger partial charge < -0.3 is 16.2 Å². The van der Waals surface area contributed by atoms with E-state index in [0.717, 1.165) is 0 Å². The van der Waals surface area contributed by atoms with Crippen molar-refractivity contribution >= 4 is 11.6 Å². The number of nitrogens with one attached hydrogen (secondary N) is 1. The molecular weight excluding hydrogens is 192 g/mol. The number of benzene rings is 1. The standard InChI is InChI=1S/C11H16N2O2/c1-11(2,15)7-13-10(14)8-4-3-5-9(12)6-8/h3-6,15H,7,12H2,1-2H3,(H,13,14). The number of rotatable bonds is 3. The molecule has 4 nitrogen and oxygen atoms in total. The van der Waals surface area contributed by atoms with Gasteiger partial charge >= 0.3 is 0 Å². The largest absolute Gasteiger partial charge is 0.399 e. The molecule has 0 aromatic heterocycles. The minimum Gasteiger partial charge on any atom is -0.399 e. The molecule has 4 heteroatoms. The summed E-state index contributed by atoms with van der Waals surface area (Å²) in [7, 11) is 0. The molecule has 0 aliphatic rings. The quantitative estimate of drug-likeness (QED) is 0.642. The van der Waals surface area contributed by atoms with E-state index in [9.17, 15) is 9.90 Å². The number of hydrogen-bond acceptors (Lipinski definition) is 3. The first-order valence-electron chi connectivity index (χ1n) is 4.74. The van der Waals surface area contributed by atoms with Gasteiger partial charge in [-0.1, -0.05) is 6.07 Å². The SMILES string of the molecule is CC(C)(O)CNC(=O)c1cccc(N)c1. The molecule has 0 saturated heterocycles. The molecule has 0 saturated carbocycles. The molecule has 1 aromatic carbocycles.